The lowest BCUT2D eigenvalue weighted by molar-refractivity contribution is 0.669. The van der Waals surface area contributed by atoms with Crippen LogP contribution in [0.15, 0.2) is 205 Å². The Labute approximate surface area is 318 Å². The molecule has 0 atom stereocenters. The first-order valence-electron chi connectivity index (χ1n) is 18.8. The average Bonchev–Trinajstić information content (AvgIpc) is 3.79. The summed E-state index contributed by atoms with van der Waals surface area (Å²) in [6.07, 6.45) is 0. The van der Waals surface area contributed by atoms with E-state index in [0.29, 0.717) is 0 Å². The lowest BCUT2D eigenvalue weighted by Crippen LogP contribution is -1.95. The highest BCUT2D eigenvalue weighted by atomic mass is 16.3. The first-order valence-corrected chi connectivity index (χ1v) is 18.8. The normalized spacial score (nSPS) is 11.6. The van der Waals surface area contributed by atoms with Gasteiger partial charge in [-0.2, -0.15) is 0 Å². The summed E-state index contributed by atoms with van der Waals surface area (Å²) in [5.74, 6) is 0. The first-order chi connectivity index (χ1) is 27.2. The molecule has 0 fully saturated rings. The van der Waals surface area contributed by atoms with Crippen LogP contribution in [0.3, 0.4) is 0 Å². The van der Waals surface area contributed by atoms with Crippen LogP contribution in [0.25, 0.3) is 93.6 Å². The molecule has 55 heavy (non-hydrogen) atoms. The van der Waals surface area contributed by atoms with E-state index in [2.05, 4.69) is 198 Å². The predicted octanol–water partition coefficient (Wildman–Crippen LogP) is 14.6. The van der Waals surface area contributed by atoms with Crippen LogP contribution in [0.1, 0.15) is 0 Å². The van der Waals surface area contributed by atoms with Gasteiger partial charge in [-0.25, -0.2) is 0 Å². The van der Waals surface area contributed by atoms with Crippen molar-refractivity contribution in [3.8, 4) is 39.1 Å². The summed E-state index contributed by atoms with van der Waals surface area (Å²) in [5.41, 5.74) is 14.4. The van der Waals surface area contributed by atoms with Gasteiger partial charge in [-0.15, -0.1) is 0 Å². The third-order valence-corrected chi connectivity index (χ3v) is 11.0. The van der Waals surface area contributed by atoms with Gasteiger partial charge in [0.15, 0.2) is 0 Å². The zero-order valence-corrected chi connectivity index (χ0v) is 29.9. The van der Waals surface area contributed by atoms with Gasteiger partial charge in [-0.3, -0.25) is 0 Å². The molecular formula is C52H34N2O. The highest BCUT2D eigenvalue weighted by molar-refractivity contribution is 6.11. The molecule has 258 valence electrons. The van der Waals surface area contributed by atoms with E-state index in [9.17, 15) is 0 Å². The molecule has 1 N–H and O–H groups in total. The molecule has 2 aromatic heterocycles. The van der Waals surface area contributed by atoms with E-state index >= 15 is 0 Å². The molecular weight excluding hydrogens is 669 g/mol. The van der Waals surface area contributed by atoms with Gasteiger partial charge in [0.25, 0.3) is 0 Å². The fourth-order valence-electron chi connectivity index (χ4n) is 8.35. The topological polar surface area (TPSA) is 30.1 Å². The Morgan fingerprint density at radius 1 is 0.345 bits per heavy atom. The van der Waals surface area contributed by atoms with Crippen molar-refractivity contribution >= 4 is 65.9 Å². The Morgan fingerprint density at radius 3 is 1.95 bits per heavy atom. The van der Waals surface area contributed by atoms with Crippen molar-refractivity contribution in [1.29, 1.82) is 0 Å². The molecule has 0 bridgehead atoms. The molecule has 3 nitrogen and oxygen atoms in total. The minimum Gasteiger partial charge on any atom is -0.456 e. The van der Waals surface area contributed by atoms with Crippen LogP contribution in [0.4, 0.5) is 11.4 Å². The van der Waals surface area contributed by atoms with Crippen molar-refractivity contribution in [2.45, 2.75) is 0 Å². The minimum atomic E-state index is 0.896. The van der Waals surface area contributed by atoms with E-state index < -0.39 is 0 Å². The molecule has 0 unspecified atom stereocenters. The number of furan rings is 1. The zero-order chi connectivity index (χ0) is 36.3. The molecule has 0 aliphatic rings. The highest BCUT2D eigenvalue weighted by Crippen LogP contribution is 2.40. The standard InChI is InChI=1S/C52H34N2O/c1-2-16-40(17-3-1)54-49-23-10-7-20-43(49)46-31-35(26-28-50(46)54)34-14-12-15-38(29-34)41-18-6-9-22-47(41)53-48-32-39(30-37-13-4-5-19-42(37)48)36-25-27-45-44-21-8-11-24-51(44)55-52(45)33-36/h1-33,53H. The maximum atomic E-state index is 6.28. The van der Waals surface area contributed by atoms with Crippen LogP contribution in [0.2, 0.25) is 0 Å². The number of nitrogens with one attached hydrogen (secondary N) is 1. The summed E-state index contributed by atoms with van der Waals surface area (Å²) in [5, 5.41) is 11.0. The summed E-state index contributed by atoms with van der Waals surface area (Å²) >= 11 is 0. The summed E-state index contributed by atoms with van der Waals surface area (Å²) in [7, 11) is 0. The summed E-state index contributed by atoms with van der Waals surface area (Å²) in [6, 6.07) is 71.6. The van der Waals surface area contributed by atoms with Crippen molar-refractivity contribution < 1.29 is 4.42 Å². The number of fused-ring (bicyclic) bond motifs is 7. The van der Waals surface area contributed by atoms with E-state index in [4.69, 9.17) is 4.42 Å². The first kappa shape index (κ1) is 31.2. The van der Waals surface area contributed by atoms with Crippen molar-refractivity contribution in [3.05, 3.63) is 200 Å². The van der Waals surface area contributed by atoms with E-state index in [1.165, 1.54) is 43.7 Å². The van der Waals surface area contributed by atoms with Crippen LogP contribution >= 0.6 is 0 Å². The van der Waals surface area contributed by atoms with E-state index in [1.807, 2.05) is 12.1 Å². The number of hydrogen-bond donors (Lipinski definition) is 1. The van der Waals surface area contributed by atoms with Crippen LogP contribution < -0.4 is 5.32 Å². The van der Waals surface area contributed by atoms with Crippen molar-refractivity contribution in [2.24, 2.45) is 0 Å². The van der Waals surface area contributed by atoms with Gasteiger partial charge in [0.1, 0.15) is 11.2 Å². The monoisotopic (exact) mass is 702 g/mol. The molecule has 11 rings (SSSR count). The third-order valence-electron chi connectivity index (χ3n) is 11.0. The SMILES string of the molecule is c1ccc(-n2c3ccccc3c3cc(-c4cccc(-c5ccccc5Nc5cc(-c6ccc7c(c6)oc6ccccc67)cc6ccccc56)c4)ccc32)cc1. The number of rotatable bonds is 6. The second-order valence-corrected chi connectivity index (χ2v) is 14.2. The Hall–Kier alpha value is -7.36. The zero-order valence-electron chi connectivity index (χ0n) is 29.9. The van der Waals surface area contributed by atoms with Crippen LogP contribution in [-0.2, 0) is 0 Å². The predicted molar refractivity (Wildman–Crippen MR) is 232 cm³/mol. The molecule has 0 aliphatic carbocycles. The second kappa shape index (κ2) is 12.6. The van der Waals surface area contributed by atoms with Gasteiger partial charge >= 0.3 is 0 Å². The highest BCUT2D eigenvalue weighted by Gasteiger charge is 2.15. The van der Waals surface area contributed by atoms with Gasteiger partial charge in [0.05, 0.1) is 11.0 Å². The summed E-state index contributed by atoms with van der Waals surface area (Å²) in [4.78, 5) is 0. The molecule has 0 amide bonds. The molecule has 2 heterocycles. The molecule has 9 aromatic carbocycles. The lowest BCUT2D eigenvalue weighted by Gasteiger charge is -2.17. The smallest absolute Gasteiger partial charge is 0.136 e. The number of para-hydroxylation sites is 4. The van der Waals surface area contributed by atoms with Crippen molar-refractivity contribution in [1.82, 2.24) is 4.57 Å². The van der Waals surface area contributed by atoms with Gasteiger partial charge in [-0.1, -0.05) is 127 Å². The molecule has 0 saturated heterocycles. The number of anilines is 2. The van der Waals surface area contributed by atoms with E-state index in [-0.39, 0.29) is 0 Å². The Balaban J connectivity index is 0.984. The minimum absolute atomic E-state index is 0.896. The Morgan fingerprint density at radius 2 is 1.02 bits per heavy atom. The Bertz CT molecular complexity index is 3240. The maximum absolute atomic E-state index is 6.28. The van der Waals surface area contributed by atoms with Crippen LogP contribution in [-0.4, -0.2) is 4.57 Å². The van der Waals surface area contributed by atoms with Crippen LogP contribution in [0.5, 0.6) is 0 Å². The largest absolute Gasteiger partial charge is 0.456 e. The molecule has 3 heteroatoms. The molecule has 0 radical (unpaired) electrons. The van der Waals surface area contributed by atoms with Crippen LogP contribution in [0, 0.1) is 0 Å². The maximum Gasteiger partial charge on any atom is 0.136 e. The molecule has 0 aliphatic heterocycles. The van der Waals surface area contributed by atoms with Crippen molar-refractivity contribution in [2.75, 3.05) is 5.32 Å². The number of aromatic nitrogens is 1. The average molecular weight is 703 g/mol. The second-order valence-electron chi connectivity index (χ2n) is 14.2. The number of nitrogens with zero attached hydrogens (tertiary/aromatic N) is 1. The molecule has 0 saturated carbocycles. The van der Waals surface area contributed by atoms with E-state index in [1.54, 1.807) is 0 Å². The quantitative estimate of drug-likeness (QED) is 0.187. The number of hydrogen-bond acceptors (Lipinski definition) is 2. The fourth-order valence-corrected chi connectivity index (χ4v) is 8.35. The van der Waals surface area contributed by atoms with Crippen molar-refractivity contribution in [3.63, 3.8) is 0 Å². The van der Waals surface area contributed by atoms with Gasteiger partial charge in [0, 0.05) is 49.6 Å². The van der Waals surface area contributed by atoms with Gasteiger partial charge in [-0.05, 0) is 106 Å². The molecule has 11 aromatic rings. The molecule has 0 spiro atoms. The lowest BCUT2D eigenvalue weighted by atomic mass is 9.96. The van der Waals surface area contributed by atoms with Gasteiger partial charge in [0.2, 0.25) is 0 Å². The summed E-state index contributed by atoms with van der Waals surface area (Å²) < 4.78 is 8.64. The van der Waals surface area contributed by atoms with E-state index in [0.717, 1.165) is 61.3 Å². The third kappa shape index (κ3) is 5.28. The number of benzene rings is 9. The fraction of sp³-hybridized carbons (Fsp3) is 0. The van der Waals surface area contributed by atoms with Gasteiger partial charge < -0.3 is 14.3 Å². The summed E-state index contributed by atoms with van der Waals surface area (Å²) in [6.45, 7) is 0. The Kier molecular flexibility index (Phi) is 7.17.